The first-order valence-corrected chi connectivity index (χ1v) is 5.22. The van der Waals surface area contributed by atoms with E-state index in [1.54, 1.807) is 13.0 Å². The second-order valence-electron chi connectivity index (χ2n) is 3.84. The summed E-state index contributed by atoms with van der Waals surface area (Å²) in [5.41, 5.74) is -0.477. The molecule has 0 radical (unpaired) electrons. The average Bonchev–Trinajstić information content (AvgIpc) is 2.17. The largest absolute Gasteiger partial charge is 0.416 e. The predicted octanol–water partition coefficient (Wildman–Crippen LogP) is 3.58. The van der Waals surface area contributed by atoms with Crippen LogP contribution in [0.4, 0.5) is 13.2 Å². The molecule has 2 atom stereocenters. The van der Waals surface area contributed by atoms with Gasteiger partial charge in [-0.1, -0.05) is 25.1 Å². The highest BCUT2D eigenvalue weighted by atomic mass is 19.4. The summed E-state index contributed by atoms with van der Waals surface area (Å²) in [7, 11) is 0. The fraction of sp³-hybridized carbons (Fsp3) is 0.500. The molecule has 0 amide bonds. The Bertz CT molecular complexity index is 344. The molecule has 1 nitrogen and oxygen atoms in total. The van der Waals surface area contributed by atoms with E-state index < -0.39 is 23.8 Å². The highest BCUT2D eigenvalue weighted by Gasteiger charge is 2.35. The molecule has 0 heterocycles. The maximum Gasteiger partial charge on any atom is 0.416 e. The summed E-state index contributed by atoms with van der Waals surface area (Å²) in [5, 5.41) is 9.49. The molecule has 1 N–H and O–H groups in total. The van der Waals surface area contributed by atoms with Crippen molar-refractivity contribution in [1.29, 1.82) is 0 Å². The number of benzene rings is 1. The predicted molar refractivity (Wildman–Crippen MR) is 56.2 cm³/mol. The van der Waals surface area contributed by atoms with Crippen molar-refractivity contribution in [1.82, 2.24) is 0 Å². The van der Waals surface area contributed by atoms with Gasteiger partial charge in [-0.2, -0.15) is 13.2 Å². The van der Waals surface area contributed by atoms with Crippen LogP contribution in [-0.4, -0.2) is 11.2 Å². The summed E-state index contributed by atoms with van der Waals surface area (Å²) in [6, 6.07) is 5.42. The minimum atomic E-state index is -4.36. The molecule has 0 aliphatic carbocycles. The quantitative estimate of drug-likeness (QED) is 0.844. The van der Waals surface area contributed by atoms with E-state index in [1.807, 2.05) is 0 Å². The smallest absolute Gasteiger partial charge is 0.393 e. The molecule has 2 unspecified atom stereocenters. The third kappa shape index (κ3) is 2.76. The molecule has 0 saturated carbocycles. The van der Waals surface area contributed by atoms with Crippen LogP contribution in [-0.2, 0) is 6.18 Å². The van der Waals surface area contributed by atoms with E-state index >= 15 is 0 Å². The first-order chi connectivity index (χ1) is 7.38. The molecule has 0 bridgehead atoms. The normalized spacial score (nSPS) is 15.9. The maximum absolute atomic E-state index is 12.7. The van der Waals surface area contributed by atoms with Crippen LogP contribution in [0, 0.1) is 0 Å². The van der Waals surface area contributed by atoms with Crippen LogP contribution in [0.2, 0.25) is 0 Å². The van der Waals surface area contributed by atoms with Gasteiger partial charge >= 0.3 is 6.18 Å². The minimum absolute atomic E-state index is 0.174. The molecule has 90 valence electrons. The van der Waals surface area contributed by atoms with E-state index in [-0.39, 0.29) is 5.56 Å². The molecule has 0 aliphatic heterocycles. The standard InChI is InChI=1S/C12H15F3O/c1-3-9(8(2)16)10-6-4-5-7-11(10)12(13,14)15/h4-9,16H,3H2,1-2H3. The number of hydrogen-bond acceptors (Lipinski definition) is 1. The molecule has 1 rings (SSSR count). The Kier molecular flexibility index (Phi) is 3.97. The van der Waals surface area contributed by atoms with E-state index in [0.717, 1.165) is 6.07 Å². The Morgan fingerprint density at radius 2 is 1.81 bits per heavy atom. The number of aliphatic hydroxyl groups excluding tert-OH is 1. The SMILES string of the molecule is CCC(c1ccccc1C(F)(F)F)C(C)O. The summed E-state index contributed by atoms with van der Waals surface area (Å²) in [4.78, 5) is 0. The molecule has 1 aromatic carbocycles. The Morgan fingerprint density at radius 3 is 2.25 bits per heavy atom. The highest BCUT2D eigenvalue weighted by Crippen LogP contribution is 2.37. The van der Waals surface area contributed by atoms with Crippen molar-refractivity contribution >= 4 is 0 Å². The van der Waals surface area contributed by atoms with Gasteiger partial charge in [0.2, 0.25) is 0 Å². The van der Waals surface area contributed by atoms with Crippen LogP contribution in [0.15, 0.2) is 24.3 Å². The number of alkyl halides is 3. The van der Waals surface area contributed by atoms with Gasteiger partial charge in [-0.25, -0.2) is 0 Å². The van der Waals surface area contributed by atoms with Gasteiger partial charge in [0.15, 0.2) is 0 Å². The van der Waals surface area contributed by atoms with E-state index in [1.165, 1.54) is 19.1 Å². The monoisotopic (exact) mass is 232 g/mol. The van der Waals surface area contributed by atoms with Gasteiger partial charge in [0, 0.05) is 5.92 Å². The van der Waals surface area contributed by atoms with E-state index in [0.29, 0.717) is 6.42 Å². The van der Waals surface area contributed by atoms with Crippen molar-refractivity contribution in [2.75, 3.05) is 0 Å². The summed E-state index contributed by atoms with van der Waals surface area (Å²) in [6.07, 6.45) is -4.67. The highest BCUT2D eigenvalue weighted by molar-refractivity contribution is 5.33. The van der Waals surface area contributed by atoms with E-state index in [4.69, 9.17) is 0 Å². The summed E-state index contributed by atoms with van der Waals surface area (Å²) in [6.45, 7) is 3.28. The Morgan fingerprint density at radius 1 is 1.25 bits per heavy atom. The molecule has 0 saturated heterocycles. The van der Waals surface area contributed by atoms with Gasteiger partial charge in [0.25, 0.3) is 0 Å². The fourth-order valence-corrected chi connectivity index (χ4v) is 1.90. The zero-order valence-electron chi connectivity index (χ0n) is 9.25. The number of hydrogen-bond donors (Lipinski definition) is 1. The third-order valence-electron chi connectivity index (χ3n) is 2.69. The maximum atomic E-state index is 12.7. The molecule has 0 spiro atoms. The molecular weight excluding hydrogens is 217 g/mol. The van der Waals surface area contributed by atoms with Crippen LogP contribution >= 0.6 is 0 Å². The number of aliphatic hydroxyl groups is 1. The van der Waals surface area contributed by atoms with Crippen LogP contribution in [0.25, 0.3) is 0 Å². The topological polar surface area (TPSA) is 20.2 Å². The molecule has 0 fully saturated rings. The van der Waals surface area contributed by atoms with Crippen molar-refractivity contribution < 1.29 is 18.3 Å². The van der Waals surface area contributed by atoms with Crippen LogP contribution in [0.3, 0.4) is 0 Å². The van der Waals surface area contributed by atoms with Gasteiger partial charge in [-0.15, -0.1) is 0 Å². The van der Waals surface area contributed by atoms with Crippen molar-refractivity contribution in [3.63, 3.8) is 0 Å². The van der Waals surface area contributed by atoms with Crippen LogP contribution < -0.4 is 0 Å². The Hall–Kier alpha value is -1.03. The second-order valence-corrected chi connectivity index (χ2v) is 3.84. The molecule has 0 aliphatic rings. The zero-order chi connectivity index (χ0) is 12.3. The molecular formula is C12H15F3O. The number of halogens is 3. The van der Waals surface area contributed by atoms with Gasteiger partial charge in [-0.3, -0.25) is 0 Å². The van der Waals surface area contributed by atoms with Crippen molar-refractivity contribution in [3.8, 4) is 0 Å². The molecule has 4 heteroatoms. The van der Waals surface area contributed by atoms with Crippen molar-refractivity contribution in [2.24, 2.45) is 0 Å². The molecule has 1 aromatic rings. The van der Waals surface area contributed by atoms with Crippen LogP contribution in [0.1, 0.15) is 37.3 Å². The van der Waals surface area contributed by atoms with E-state index in [2.05, 4.69) is 0 Å². The van der Waals surface area contributed by atoms with Crippen molar-refractivity contribution in [2.45, 2.75) is 38.5 Å². The lowest BCUT2D eigenvalue weighted by Crippen LogP contribution is -2.19. The van der Waals surface area contributed by atoms with Gasteiger partial charge in [0.05, 0.1) is 11.7 Å². The number of rotatable bonds is 3. The zero-order valence-corrected chi connectivity index (χ0v) is 9.25. The van der Waals surface area contributed by atoms with Crippen molar-refractivity contribution in [3.05, 3.63) is 35.4 Å². The fourth-order valence-electron chi connectivity index (χ4n) is 1.90. The lowest BCUT2D eigenvalue weighted by Gasteiger charge is -2.22. The minimum Gasteiger partial charge on any atom is -0.393 e. The van der Waals surface area contributed by atoms with E-state index in [9.17, 15) is 18.3 Å². The molecule has 0 aromatic heterocycles. The summed E-state index contributed by atoms with van der Waals surface area (Å²) >= 11 is 0. The summed E-state index contributed by atoms with van der Waals surface area (Å²) in [5.74, 6) is -0.474. The lowest BCUT2D eigenvalue weighted by atomic mass is 9.88. The molecule has 16 heavy (non-hydrogen) atoms. The first kappa shape index (κ1) is 13.0. The Labute approximate surface area is 92.9 Å². The van der Waals surface area contributed by atoms with Gasteiger partial charge < -0.3 is 5.11 Å². The average molecular weight is 232 g/mol. The summed E-state index contributed by atoms with van der Waals surface area (Å²) < 4.78 is 38.2. The lowest BCUT2D eigenvalue weighted by molar-refractivity contribution is -0.138. The first-order valence-electron chi connectivity index (χ1n) is 5.22. The Balaban J connectivity index is 3.22. The van der Waals surface area contributed by atoms with Gasteiger partial charge in [-0.05, 0) is 25.0 Å². The second kappa shape index (κ2) is 4.87. The van der Waals surface area contributed by atoms with Gasteiger partial charge in [0.1, 0.15) is 0 Å². The van der Waals surface area contributed by atoms with Crippen LogP contribution in [0.5, 0.6) is 0 Å². The third-order valence-corrected chi connectivity index (χ3v) is 2.69.